The maximum absolute atomic E-state index is 4.41. The lowest BCUT2D eigenvalue weighted by atomic mass is 9.86. The van der Waals surface area contributed by atoms with E-state index in [-0.39, 0.29) is 0 Å². The number of rotatable bonds is 6. The predicted molar refractivity (Wildman–Crippen MR) is 83.7 cm³/mol. The Labute approximate surface area is 123 Å². The zero-order chi connectivity index (χ0) is 14.6. The maximum Gasteiger partial charge on any atom is 0.0534 e. The summed E-state index contributed by atoms with van der Waals surface area (Å²) in [6.07, 6.45) is 7.83. The van der Waals surface area contributed by atoms with Gasteiger partial charge in [0.2, 0.25) is 0 Å². The molecule has 0 spiro atoms. The van der Waals surface area contributed by atoms with E-state index in [0.29, 0.717) is 11.6 Å². The Morgan fingerprint density at radius 2 is 2.05 bits per heavy atom. The molecular formula is C16H30N4. The third kappa shape index (κ3) is 3.07. The molecule has 1 saturated heterocycles. The highest BCUT2D eigenvalue weighted by Crippen LogP contribution is 2.29. The second kappa shape index (κ2) is 6.72. The van der Waals surface area contributed by atoms with Crippen LogP contribution in [-0.2, 0) is 13.1 Å². The number of hydrogen-bond donors (Lipinski definition) is 1. The molecule has 1 unspecified atom stereocenters. The summed E-state index contributed by atoms with van der Waals surface area (Å²) < 4.78 is 2.02. The summed E-state index contributed by atoms with van der Waals surface area (Å²) in [5.41, 5.74) is 1.65. The van der Waals surface area contributed by atoms with Crippen molar-refractivity contribution in [2.75, 3.05) is 13.1 Å². The Bertz CT molecular complexity index is 408. The first kappa shape index (κ1) is 15.5. The molecule has 1 aromatic heterocycles. The quantitative estimate of drug-likeness (QED) is 0.868. The van der Waals surface area contributed by atoms with E-state index in [1.165, 1.54) is 24.8 Å². The van der Waals surface area contributed by atoms with Crippen LogP contribution in [0.2, 0.25) is 0 Å². The van der Waals surface area contributed by atoms with E-state index >= 15 is 0 Å². The number of aromatic nitrogens is 2. The van der Waals surface area contributed by atoms with Crippen LogP contribution >= 0.6 is 0 Å². The highest BCUT2D eigenvalue weighted by molar-refractivity contribution is 5.07. The molecule has 0 amide bonds. The van der Waals surface area contributed by atoms with Gasteiger partial charge in [-0.05, 0) is 26.2 Å². The van der Waals surface area contributed by atoms with Gasteiger partial charge in [0.25, 0.3) is 0 Å². The lowest BCUT2D eigenvalue weighted by Crippen LogP contribution is -2.63. The number of aryl methyl sites for hydroxylation is 1. The Morgan fingerprint density at radius 3 is 2.60 bits per heavy atom. The van der Waals surface area contributed by atoms with E-state index in [9.17, 15) is 0 Å². The van der Waals surface area contributed by atoms with Crippen LogP contribution in [0.4, 0.5) is 0 Å². The fourth-order valence-electron chi connectivity index (χ4n) is 3.30. The lowest BCUT2D eigenvalue weighted by molar-refractivity contribution is 0.0238. The van der Waals surface area contributed by atoms with Crippen LogP contribution in [0.3, 0.4) is 0 Å². The second-order valence-electron chi connectivity index (χ2n) is 6.00. The van der Waals surface area contributed by atoms with Crippen LogP contribution in [0.25, 0.3) is 0 Å². The number of nitrogens with zero attached hydrogens (tertiary/aromatic N) is 3. The summed E-state index contributed by atoms with van der Waals surface area (Å²) in [5.74, 6) is 0. The zero-order valence-corrected chi connectivity index (χ0v) is 13.5. The minimum absolute atomic E-state index is 0.306. The first-order valence-corrected chi connectivity index (χ1v) is 8.17. The molecule has 2 rings (SSSR count). The van der Waals surface area contributed by atoms with Gasteiger partial charge in [-0.15, -0.1) is 0 Å². The van der Waals surface area contributed by atoms with Gasteiger partial charge >= 0.3 is 0 Å². The normalized spacial score (nSPS) is 23.1. The average molecular weight is 278 g/mol. The van der Waals surface area contributed by atoms with Crippen LogP contribution in [0, 0.1) is 0 Å². The molecule has 1 aliphatic rings. The molecule has 0 radical (unpaired) electrons. The molecule has 1 fully saturated rings. The van der Waals surface area contributed by atoms with E-state index in [0.717, 1.165) is 26.2 Å². The van der Waals surface area contributed by atoms with E-state index in [1.807, 2.05) is 10.9 Å². The summed E-state index contributed by atoms with van der Waals surface area (Å²) >= 11 is 0. The van der Waals surface area contributed by atoms with Crippen molar-refractivity contribution in [2.24, 2.45) is 0 Å². The molecule has 1 N–H and O–H groups in total. The molecule has 4 nitrogen and oxygen atoms in total. The number of piperazine rings is 1. The third-order valence-electron chi connectivity index (χ3n) is 5.02. The summed E-state index contributed by atoms with van der Waals surface area (Å²) in [6.45, 7) is 13.3. The minimum Gasteiger partial charge on any atom is -0.311 e. The van der Waals surface area contributed by atoms with Crippen LogP contribution < -0.4 is 5.32 Å². The standard InChI is InChI=1S/C16H30N4/c1-5-15-12-19(16(6-2,7-3)13-17-15)10-14-9-18-20(8-4)11-14/h9,11,15,17H,5-8,10,12-13H2,1-4H3. The molecule has 0 aliphatic carbocycles. The first-order valence-electron chi connectivity index (χ1n) is 8.17. The van der Waals surface area contributed by atoms with Gasteiger partial charge in [0.15, 0.2) is 0 Å². The van der Waals surface area contributed by atoms with Gasteiger partial charge in [0.1, 0.15) is 0 Å². The first-order chi connectivity index (χ1) is 9.67. The summed E-state index contributed by atoms with van der Waals surface area (Å²) in [7, 11) is 0. The Morgan fingerprint density at radius 1 is 1.30 bits per heavy atom. The van der Waals surface area contributed by atoms with Gasteiger partial charge in [0.05, 0.1) is 6.20 Å². The van der Waals surface area contributed by atoms with Crippen molar-refractivity contribution in [3.8, 4) is 0 Å². The maximum atomic E-state index is 4.41. The highest BCUT2D eigenvalue weighted by Gasteiger charge is 2.38. The van der Waals surface area contributed by atoms with Crippen LogP contribution in [0.1, 0.15) is 52.5 Å². The van der Waals surface area contributed by atoms with Crippen molar-refractivity contribution in [2.45, 2.75) is 71.6 Å². The van der Waals surface area contributed by atoms with Gasteiger partial charge in [0, 0.05) is 49.5 Å². The van der Waals surface area contributed by atoms with Crippen LogP contribution in [0.15, 0.2) is 12.4 Å². The molecule has 1 aromatic rings. The van der Waals surface area contributed by atoms with E-state index in [4.69, 9.17) is 0 Å². The largest absolute Gasteiger partial charge is 0.311 e. The SMILES string of the molecule is CCC1CN(Cc2cnn(CC)c2)C(CC)(CC)CN1. The molecular weight excluding hydrogens is 248 g/mol. The van der Waals surface area contributed by atoms with Gasteiger partial charge in [-0.2, -0.15) is 5.10 Å². The average Bonchev–Trinajstić information content (AvgIpc) is 2.95. The topological polar surface area (TPSA) is 33.1 Å². The molecule has 114 valence electrons. The molecule has 1 aliphatic heterocycles. The van der Waals surface area contributed by atoms with Crippen molar-refractivity contribution in [3.63, 3.8) is 0 Å². The Hall–Kier alpha value is -0.870. The monoisotopic (exact) mass is 278 g/mol. The van der Waals surface area contributed by atoms with E-state index in [2.05, 4.69) is 49.2 Å². The molecule has 0 aromatic carbocycles. The summed E-state index contributed by atoms with van der Waals surface area (Å²) in [4.78, 5) is 2.69. The smallest absolute Gasteiger partial charge is 0.0534 e. The minimum atomic E-state index is 0.306. The Balaban J connectivity index is 2.14. The Kier molecular flexibility index (Phi) is 5.22. The molecule has 20 heavy (non-hydrogen) atoms. The molecule has 0 saturated carbocycles. The van der Waals surface area contributed by atoms with Crippen molar-refractivity contribution in [3.05, 3.63) is 18.0 Å². The second-order valence-corrected chi connectivity index (χ2v) is 6.00. The summed E-state index contributed by atoms with van der Waals surface area (Å²) in [5, 5.41) is 8.14. The van der Waals surface area contributed by atoms with E-state index < -0.39 is 0 Å². The lowest BCUT2D eigenvalue weighted by Gasteiger charge is -2.49. The summed E-state index contributed by atoms with van der Waals surface area (Å²) in [6, 6.07) is 0.627. The number of nitrogens with one attached hydrogen (secondary N) is 1. The molecule has 0 bridgehead atoms. The van der Waals surface area contributed by atoms with Gasteiger partial charge in [-0.25, -0.2) is 0 Å². The molecule has 4 heteroatoms. The predicted octanol–water partition coefficient (Wildman–Crippen LogP) is 2.65. The third-order valence-corrected chi connectivity index (χ3v) is 5.02. The zero-order valence-electron chi connectivity index (χ0n) is 13.5. The highest BCUT2D eigenvalue weighted by atomic mass is 15.3. The fourth-order valence-corrected chi connectivity index (χ4v) is 3.30. The number of hydrogen-bond acceptors (Lipinski definition) is 3. The fraction of sp³-hybridized carbons (Fsp3) is 0.812. The van der Waals surface area contributed by atoms with Crippen LogP contribution in [0.5, 0.6) is 0 Å². The van der Waals surface area contributed by atoms with Gasteiger partial charge in [-0.3, -0.25) is 9.58 Å². The van der Waals surface area contributed by atoms with Crippen molar-refractivity contribution in [1.82, 2.24) is 20.0 Å². The van der Waals surface area contributed by atoms with Gasteiger partial charge in [-0.1, -0.05) is 20.8 Å². The van der Waals surface area contributed by atoms with Crippen molar-refractivity contribution < 1.29 is 0 Å². The van der Waals surface area contributed by atoms with Crippen molar-refractivity contribution >= 4 is 0 Å². The molecule has 1 atom stereocenters. The van der Waals surface area contributed by atoms with E-state index in [1.54, 1.807) is 0 Å². The van der Waals surface area contributed by atoms with Crippen molar-refractivity contribution in [1.29, 1.82) is 0 Å². The van der Waals surface area contributed by atoms with Crippen LogP contribution in [-0.4, -0.2) is 39.4 Å². The van der Waals surface area contributed by atoms with Gasteiger partial charge < -0.3 is 5.32 Å². The molecule has 2 heterocycles.